The minimum absolute atomic E-state index is 0.0211. The molecule has 4 rings (SSSR count). The molecule has 1 amide bonds. The molecule has 2 aliphatic heterocycles. The van der Waals surface area contributed by atoms with Crippen molar-refractivity contribution in [1.29, 1.82) is 0 Å². The summed E-state index contributed by atoms with van der Waals surface area (Å²) < 4.78 is 42.5. The van der Waals surface area contributed by atoms with Gasteiger partial charge in [0, 0.05) is 63.2 Å². The van der Waals surface area contributed by atoms with E-state index in [9.17, 15) is 13.2 Å². The summed E-state index contributed by atoms with van der Waals surface area (Å²) in [5.41, 5.74) is 3.89. The molecule has 2 fully saturated rings. The van der Waals surface area contributed by atoms with Crippen LogP contribution in [0.2, 0.25) is 0 Å². The second kappa shape index (κ2) is 12.8. The lowest BCUT2D eigenvalue weighted by molar-refractivity contribution is -0.138. The summed E-state index contributed by atoms with van der Waals surface area (Å²) >= 11 is 0. The molecule has 2 aromatic rings. The lowest BCUT2D eigenvalue weighted by atomic mass is 10.1. The van der Waals surface area contributed by atoms with Gasteiger partial charge in [0.25, 0.3) is 0 Å². The molecule has 1 unspecified atom stereocenters. The van der Waals surface area contributed by atoms with Crippen LogP contribution in [0.5, 0.6) is 5.75 Å². The molecule has 1 aromatic heterocycles. The zero-order chi connectivity index (χ0) is 28.2. The fourth-order valence-electron chi connectivity index (χ4n) is 5.90. The maximum absolute atomic E-state index is 13.7. The van der Waals surface area contributed by atoms with Crippen LogP contribution in [-0.2, 0) is 26.1 Å². The molecular formula is C29H44N4O5S. The molecule has 0 radical (unpaired) electrons. The van der Waals surface area contributed by atoms with E-state index in [2.05, 4.69) is 35.4 Å². The van der Waals surface area contributed by atoms with Gasteiger partial charge in [-0.3, -0.25) is 9.69 Å². The van der Waals surface area contributed by atoms with E-state index in [1.165, 1.54) is 11.4 Å². The monoisotopic (exact) mass is 560 g/mol. The van der Waals surface area contributed by atoms with Crippen LogP contribution in [0.1, 0.15) is 41.8 Å². The van der Waals surface area contributed by atoms with Crippen LogP contribution < -0.4 is 4.74 Å². The van der Waals surface area contributed by atoms with Gasteiger partial charge in [0.05, 0.1) is 18.6 Å². The average molecular weight is 561 g/mol. The summed E-state index contributed by atoms with van der Waals surface area (Å²) in [5.74, 6) is 0.617. The highest BCUT2D eigenvalue weighted by Gasteiger charge is 2.36. The number of carbonyl (C=O) groups is 1. The number of sulfonamides is 1. The quantitative estimate of drug-likeness (QED) is 0.444. The molecule has 0 spiro atoms. The first-order valence-electron chi connectivity index (χ1n) is 14.0. The number of aromatic nitrogens is 1. The number of hydrogen-bond acceptors (Lipinski definition) is 6. The highest BCUT2D eigenvalue weighted by molar-refractivity contribution is 7.89. The molecule has 0 bridgehead atoms. The van der Waals surface area contributed by atoms with Crippen molar-refractivity contribution in [2.45, 2.75) is 64.4 Å². The summed E-state index contributed by atoms with van der Waals surface area (Å²) in [6.07, 6.45) is 2.48. The predicted molar refractivity (Wildman–Crippen MR) is 152 cm³/mol. The number of amides is 1. The number of aryl methyl sites for hydroxylation is 4. The Labute approximate surface area is 233 Å². The molecule has 2 aliphatic rings. The van der Waals surface area contributed by atoms with Crippen molar-refractivity contribution in [3.63, 3.8) is 0 Å². The molecule has 2 saturated heterocycles. The minimum atomic E-state index is -3.71. The fraction of sp³-hybridized carbons (Fsp3) is 0.621. The Hall–Kier alpha value is -2.40. The first kappa shape index (κ1) is 29.6. The Morgan fingerprint density at radius 2 is 1.56 bits per heavy atom. The summed E-state index contributed by atoms with van der Waals surface area (Å²) in [4.78, 5) is 17.5. The number of methoxy groups -OCH3 is 1. The first-order valence-corrected chi connectivity index (χ1v) is 15.4. The third kappa shape index (κ3) is 6.85. The SMILES string of the molecule is COc1cc(C)c(S(=O)(=O)N2CCCCC2COCC(=O)N2CCN(CCn3c(C)ccc3C)CC2)c(C)c1. The van der Waals surface area contributed by atoms with E-state index in [0.717, 1.165) is 45.4 Å². The van der Waals surface area contributed by atoms with Crippen molar-refractivity contribution in [2.24, 2.45) is 0 Å². The van der Waals surface area contributed by atoms with Crippen LogP contribution in [0.15, 0.2) is 29.2 Å². The van der Waals surface area contributed by atoms with E-state index in [1.807, 2.05) is 4.90 Å². The van der Waals surface area contributed by atoms with Gasteiger partial charge >= 0.3 is 0 Å². The van der Waals surface area contributed by atoms with E-state index in [4.69, 9.17) is 9.47 Å². The number of ether oxygens (including phenoxy) is 2. The average Bonchev–Trinajstić information content (AvgIpc) is 3.23. The van der Waals surface area contributed by atoms with E-state index in [1.54, 1.807) is 37.4 Å². The van der Waals surface area contributed by atoms with Gasteiger partial charge in [-0.05, 0) is 75.9 Å². The number of benzene rings is 1. The number of hydrogen-bond donors (Lipinski definition) is 0. The lowest BCUT2D eigenvalue weighted by Gasteiger charge is -2.36. The fourth-order valence-corrected chi connectivity index (χ4v) is 7.99. The van der Waals surface area contributed by atoms with Crippen LogP contribution in [-0.4, -0.2) is 98.6 Å². The van der Waals surface area contributed by atoms with Crippen molar-refractivity contribution >= 4 is 15.9 Å². The van der Waals surface area contributed by atoms with Crippen molar-refractivity contribution in [2.75, 3.05) is 59.6 Å². The van der Waals surface area contributed by atoms with Crippen LogP contribution >= 0.6 is 0 Å². The number of rotatable bonds is 10. The topological polar surface area (TPSA) is 84.3 Å². The highest BCUT2D eigenvalue weighted by Crippen LogP contribution is 2.32. The van der Waals surface area contributed by atoms with Crippen LogP contribution in [0, 0.1) is 27.7 Å². The Kier molecular flexibility index (Phi) is 9.74. The Balaban J connectivity index is 1.27. The van der Waals surface area contributed by atoms with E-state index < -0.39 is 10.0 Å². The zero-order valence-electron chi connectivity index (χ0n) is 24.1. The van der Waals surface area contributed by atoms with Gasteiger partial charge < -0.3 is 18.9 Å². The second-order valence-electron chi connectivity index (χ2n) is 10.9. The third-order valence-corrected chi connectivity index (χ3v) is 10.4. The van der Waals surface area contributed by atoms with Gasteiger partial charge in [-0.1, -0.05) is 6.42 Å². The molecule has 39 heavy (non-hydrogen) atoms. The van der Waals surface area contributed by atoms with E-state index in [0.29, 0.717) is 41.4 Å². The van der Waals surface area contributed by atoms with Crippen molar-refractivity contribution < 1.29 is 22.7 Å². The molecule has 9 nitrogen and oxygen atoms in total. The van der Waals surface area contributed by atoms with Gasteiger partial charge in [0.15, 0.2) is 0 Å². The summed E-state index contributed by atoms with van der Waals surface area (Å²) in [6.45, 7) is 13.5. The number of carbonyl (C=O) groups excluding carboxylic acids is 1. The molecule has 0 saturated carbocycles. The highest BCUT2D eigenvalue weighted by atomic mass is 32.2. The molecule has 0 N–H and O–H groups in total. The van der Waals surface area contributed by atoms with E-state index >= 15 is 0 Å². The molecule has 0 aliphatic carbocycles. The third-order valence-electron chi connectivity index (χ3n) is 8.13. The van der Waals surface area contributed by atoms with Crippen molar-refractivity contribution in [3.05, 3.63) is 46.8 Å². The van der Waals surface area contributed by atoms with Gasteiger partial charge in [-0.25, -0.2) is 8.42 Å². The van der Waals surface area contributed by atoms with Crippen LogP contribution in [0.25, 0.3) is 0 Å². The molecule has 1 atom stereocenters. The van der Waals surface area contributed by atoms with Crippen LogP contribution in [0.3, 0.4) is 0 Å². The zero-order valence-corrected chi connectivity index (χ0v) is 24.9. The van der Waals surface area contributed by atoms with E-state index in [-0.39, 0.29) is 25.2 Å². The summed E-state index contributed by atoms with van der Waals surface area (Å²) in [5, 5.41) is 0. The lowest BCUT2D eigenvalue weighted by Crippen LogP contribution is -2.50. The number of piperazine rings is 1. The number of piperidine rings is 1. The van der Waals surface area contributed by atoms with Crippen LogP contribution in [0.4, 0.5) is 0 Å². The largest absolute Gasteiger partial charge is 0.497 e. The smallest absolute Gasteiger partial charge is 0.248 e. The maximum Gasteiger partial charge on any atom is 0.248 e. The Bertz CT molecular complexity index is 1210. The molecule has 216 valence electrons. The Morgan fingerprint density at radius 3 is 2.18 bits per heavy atom. The molecule has 3 heterocycles. The summed E-state index contributed by atoms with van der Waals surface area (Å²) in [6, 6.07) is 7.53. The first-order chi connectivity index (χ1) is 18.6. The maximum atomic E-state index is 13.7. The molecule has 1 aromatic carbocycles. The Morgan fingerprint density at radius 1 is 0.923 bits per heavy atom. The summed E-state index contributed by atoms with van der Waals surface area (Å²) in [7, 11) is -2.13. The second-order valence-corrected chi connectivity index (χ2v) is 12.7. The number of nitrogens with zero attached hydrogens (tertiary/aromatic N) is 4. The standard InChI is InChI=1S/C29H44N4O5S/c1-22-18-27(37-5)19-23(2)29(22)39(35,36)33-11-7-6-8-26(33)20-38-21-28(34)31-15-12-30(13-16-31)14-17-32-24(3)9-10-25(32)4/h9-10,18-19,26H,6-8,11-17,20-21H2,1-5H3. The van der Waals surface area contributed by atoms with Crippen molar-refractivity contribution in [1.82, 2.24) is 18.7 Å². The normalized spacial score (nSPS) is 19.4. The predicted octanol–water partition coefficient (Wildman–Crippen LogP) is 3.13. The van der Waals surface area contributed by atoms with Gasteiger partial charge in [-0.15, -0.1) is 0 Å². The molecular weight excluding hydrogens is 516 g/mol. The van der Waals surface area contributed by atoms with Crippen molar-refractivity contribution in [3.8, 4) is 5.75 Å². The van der Waals surface area contributed by atoms with Gasteiger partial charge in [0.2, 0.25) is 15.9 Å². The van der Waals surface area contributed by atoms with Gasteiger partial charge in [-0.2, -0.15) is 4.31 Å². The minimum Gasteiger partial charge on any atom is -0.497 e. The van der Waals surface area contributed by atoms with Gasteiger partial charge in [0.1, 0.15) is 12.4 Å². The molecule has 10 heteroatoms.